The number of benzene rings is 1. The van der Waals surface area contributed by atoms with Crippen molar-refractivity contribution in [1.82, 2.24) is 25.2 Å². The Morgan fingerprint density at radius 2 is 2.17 bits per heavy atom. The van der Waals surface area contributed by atoms with Gasteiger partial charge in [-0.05, 0) is 44.0 Å². The van der Waals surface area contributed by atoms with Crippen molar-refractivity contribution in [3.05, 3.63) is 59.3 Å². The lowest BCUT2D eigenvalue weighted by Gasteiger charge is -2.20. The predicted octanol–water partition coefficient (Wildman–Crippen LogP) is 1.56. The molecule has 0 saturated heterocycles. The van der Waals surface area contributed by atoms with Crippen molar-refractivity contribution in [1.29, 1.82) is 0 Å². The largest absolute Gasteiger partial charge is 0.480 e. The van der Waals surface area contributed by atoms with Crippen molar-refractivity contribution in [2.75, 3.05) is 6.54 Å². The van der Waals surface area contributed by atoms with Crippen LogP contribution >= 0.6 is 0 Å². The summed E-state index contributed by atoms with van der Waals surface area (Å²) in [7, 11) is 0. The minimum absolute atomic E-state index is 0.258. The molecule has 0 spiro atoms. The van der Waals surface area contributed by atoms with Gasteiger partial charge in [-0.1, -0.05) is 0 Å². The molecule has 1 saturated carbocycles. The predicted molar refractivity (Wildman–Crippen MR) is 105 cm³/mol. The molecule has 30 heavy (non-hydrogen) atoms. The van der Waals surface area contributed by atoms with Gasteiger partial charge in [0.2, 0.25) is 0 Å². The molecule has 1 aromatic carbocycles. The summed E-state index contributed by atoms with van der Waals surface area (Å²) in [4.78, 5) is 29.6. The monoisotopic (exact) mass is 409 g/mol. The smallest absolute Gasteiger partial charge is 0.261 e. The van der Waals surface area contributed by atoms with Crippen LogP contribution in [0, 0.1) is 12.7 Å². The molecule has 2 N–H and O–H groups in total. The van der Waals surface area contributed by atoms with Crippen LogP contribution in [0.2, 0.25) is 0 Å². The molecule has 1 aliphatic carbocycles. The van der Waals surface area contributed by atoms with E-state index in [2.05, 4.69) is 20.7 Å². The minimum atomic E-state index is -0.693. The maximum absolute atomic E-state index is 13.4. The highest BCUT2D eigenvalue weighted by atomic mass is 19.1. The highest BCUT2D eigenvalue weighted by Crippen LogP contribution is 2.36. The lowest BCUT2D eigenvalue weighted by atomic mass is 10.1. The Labute approximate surface area is 171 Å². The molecule has 1 atom stereocenters. The number of nitrogens with zero attached hydrogens (tertiary/aromatic N) is 3. The summed E-state index contributed by atoms with van der Waals surface area (Å²) in [6.07, 6.45) is 4.29. The van der Waals surface area contributed by atoms with E-state index >= 15 is 0 Å². The number of ether oxygens (including phenoxy) is 1. The average Bonchev–Trinajstić information content (AvgIpc) is 3.14. The van der Waals surface area contributed by atoms with E-state index in [1.54, 1.807) is 10.7 Å². The number of aromatic nitrogens is 3. The lowest BCUT2D eigenvalue weighted by molar-refractivity contribution is -0.128. The van der Waals surface area contributed by atoms with E-state index in [1.807, 2.05) is 13.0 Å². The number of fused-ring (bicyclic) bond motifs is 2. The molecule has 9 heteroatoms. The molecule has 2 aromatic heterocycles. The van der Waals surface area contributed by atoms with Gasteiger partial charge >= 0.3 is 0 Å². The Hall–Kier alpha value is -3.49. The Morgan fingerprint density at radius 3 is 2.97 bits per heavy atom. The maximum Gasteiger partial charge on any atom is 0.261 e. The molecule has 8 nitrogen and oxygen atoms in total. The molecule has 3 aromatic rings. The Balaban J connectivity index is 1.21. The minimum Gasteiger partial charge on any atom is -0.480 e. The summed E-state index contributed by atoms with van der Waals surface area (Å²) in [5.41, 5.74) is 1.96. The highest BCUT2D eigenvalue weighted by molar-refractivity contribution is 5.99. The Kier molecular flexibility index (Phi) is 4.19. The first-order valence-corrected chi connectivity index (χ1v) is 9.79. The summed E-state index contributed by atoms with van der Waals surface area (Å²) >= 11 is 0. The van der Waals surface area contributed by atoms with Crippen LogP contribution in [0.5, 0.6) is 5.75 Å². The van der Waals surface area contributed by atoms with Crippen LogP contribution < -0.4 is 15.4 Å². The van der Waals surface area contributed by atoms with Gasteiger partial charge in [-0.25, -0.2) is 13.9 Å². The molecule has 2 aliphatic rings. The third kappa shape index (κ3) is 3.26. The Bertz CT molecular complexity index is 1170. The fraction of sp³-hybridized carbons (Fsp3) is 0.333. The number of carbonyl (C=O) groups excluding carboxylic acids is 2. The molecule has 1 fully saturated rings. The second-order valence-corrected chi connectivity index (χ2v) is 7.89. The third-order valence-electron chi connectivity index (χ3n) is 5.65. The van der Waals surface area contributed by atoms with E-state index in [0.29, 0.717) is 35.5 Å². The summed E-state index contributed by atoms with van der Waals surface area (Å²) in [6, 6.07) is 6.06. The highest BCUT2D eigenvalue weighted by Gasteiger charge is 2.46. The van der Waals surface area contributed by atoms with Crippen molar-refractivity contribution in [3.63, 3.8) is 0 Å². The number of aryl methyl sites for hydroxylation is 1. The first-order chi connectivity index (χ1) is 14.4. The van der Waals surface area contributed by atoms with Crippen LogP contribution in [-0.4, -0.2) is 44.6 Å². The second kappa shape index (κ2) is 6.79. The number of amides is 2. The fourth-order valence-corrected chi connectivity index (χ4v) is 3.72. The zero-order chi connectivity index (χ0) is 20.9. The van der Waals surface area contributed by atoms with Gasteiger partial charge in [0.25, 0.3) is 11.8 Å². The summed E-state index contributed by atoms with van der Waals surface area (Å²) in [5, 5.41) is 10.1. The van der Waals surface area contributed by atoms with Crippen molar-refractivity contribution in [2.45, 2.75) is 37.8 Å². The van der Waals surface area contributed by atoms with Gasteiger partial charge in [0.05, 0.1) is 11.7 Å². The van der Waals surface area contributed by atoms with Crippen LogP contribution in [0.3, 0.4) is 0 Å². The van der Waals surface area contributed by atoms with Gasteiger partial charge in [-0.15, -0.1) is 0 Å². The van der Waals surface area contributed by atoms with E-state index in [-0.39, 0.29) is 17.6 Å². The normalized spacial score (nSPS) is 18.5. The van der Waals surface area contributed by atoms with Crippen molar-refractivity contribution in [2.24, 2.45) is 0 Å². The molecule has 0 radical (unpaired) electrons. The number of rotatable bonds is 5. The van der Waals surface area contributed by atoms with E-state index in [4.69, 9.17) is 4.74 Å². The van der Waals surface area contributed by atoms with Crippen LogP contribution in [0.25, 0.3) is 5.65 Å². The van der Waals surface area contributed by atoms with E-state index < -0.39 is 11.6 Å². The van der Waals surface area contributed by atoms with Crippen LogP contribution in [0.1, 0.15) is 34.5 Å². The van der Waals surface area contributed by atoms with Gasteiger partial charge in [0.15, 0.2) is 11.8 Å². The van der Waals surface area contributed by atoms with Crippen molar-refractivity contribution in [3.8, 4) is 5.75 Å². The standard InChI is InChI=1S/C21H20FN5O3/c1-12-4-7-23-18-15(10-25-27(12)18)19(28)24-11-21(5-6-21)26-20(29)17-9-13-8-14(22)2-3-16(13)30-17/h2-4,7-8,10,17H,5-6,9,11H2,1H3,(H,24,28)(H,26,29). The summed E-state index contributed by atoms with van der Waals surface area (Å²) in [5.74, 6) is -0.363. The molecule has 5 rings (SSSR count). The molecular formula is C21H20FN5O3. The van der Waals surface area contributed by atoms with Crippen LogP contribution in [0.4, 0.5) is 4.39 Å². The number of halogens is 1. The SMILES string of the molecule is Cc1ccnc2c(C(=O)NCC3(NC(=O)C4Cc5cc(F)ccc5O4)CC3)cnn12. The topological polar surface area (TPSA) is 97.6 Å². The van der Waals surface area contributed by atoms with Crippen LogP contribution in [-0.2, 0) is 11.2 Å². The second-order valence-electron chi connectivity index (χ2n) is 7.89. The van der Waals surface area contributed by atoms with Crippen molar-refractivity contribution < 1.29 is 18.7 Å². The molecule has 154 valence electrons. The van der Waals surface area contributed by atoms with E-state index in [9.17, 15) is 14.0 Å². The number of hydrogen-bond acceptors (Lipinski definition) is 5. The van der Waals surface area contributed by atoms with Gasteiger partial charge < -0.3 is 15.4 Å². The van der Waals surface area contributed by atoms with Crippen molar-refractivity contribution >= 4 is 17.5 Å². The van der Waals surface area contributed by atoms with E-state index in [1.165, 1.54) is 24.4 Å². The quantitative estimate of drug-likeness (QED) is 0.667. The van der Waals surface area contributed by atoms with Crippen LogP contribution in [0.15, 0.2) is 36.7 Å². The number of carbonyl (C=O) groups is 2. The lowest BCUT2D eigenvalue weighted by Crippen LogP contribution is -2.50. The molecule has 1 aliphatic heterocycles. The third-order valence-corrected chi connectivity index (χ3v) is 5.65. The molecule has 1 unspecified atom stereocenters. The Morgan fingerprint density at radius 1 is 1.33 bits per heavy atom. The fourth-order valence-electron chi connectivity index (χ4n) is 3.72. The molecule has 3 heterocycles. The molecule has 2 amide bonds. The molecule has 0 bridgehead atoms. The summed E-state index contributed by atoms with van der Waals surface area (Å²) in [6.45, 7) is 2.19. The van der Waals surface area contributed by atoms with Gasteiger partial charge in [0.1, 0.15) is 17.1 Å². The number of hydrogen-bond donors (Lipinski definition) is 2. The van der Waals surface area contributed by atoms with Gasteiger partial charge in [-0.3, -0.25) is 9.59 Å². The number of nitrogens with one attached hydrogen (secondary N) is 2. The molecular weight excluding hydrogens is 389 g/mol. The van der Waals surface area contributed by atoms with Gasteiger partial charge in [0, 0.05) is 30.4 Å². The first kappa shape index (κ1) is 18.5. The van der Waals surface area contributed by atoms with Gasteiger partial charge in [-0.2, -0.15) is 5.10 Å². The van der Waals surface area contributed by atoms with E-state index in [0.717, 1.165) is 18.5 Å². The maximum atomic E-state index is 13.4. The zero-order valence-corrected chi connectivity index (χ0v) is 16.3. The first-order valence-electron chi connectivity index (χ1n) is 9.79. The average molecular weight is 409 g/mol. The zero-order valence-electron chi connectivity index (χ0n) is 16.3. The summed E-state index contributed by atoms with van der Waals surface area (Å²) < 4.78 is 20.6.